The minimum absolute atomic E-state index is 0. The number of anilines is 1. The van der Waals surface area contributed by atoms with Crippen molar-refractivity contribution in [2.24, 2.45) is 0 Å². The van der Waals surface area contributed by atoms with Crippen molar-refractivity contribution in [3.63, 3.8) is 0 Å². The Morgan fingerprint density at radius 3 is 2.42 bits per heavy atom. The zero-order valence-corrected chi connectivity index (χ0v) is 20.0. The first kappa shape index (κ1) is 23.4. The van der Waals surface area contributed by atoms with Crippen LogP contribution in [0.25, 0.3) is 0 Å². The maximum atomic E-state index is 12.1. The number of benzene rings is 2. The summed E-state index contributed by atoms with van der Waals surface area (Å²) in [7, 11) is 3.29. The molecule has 0 saturated carbocycles. The van der Waals surface area contributed by atoms with Gasteiger partial charge in [0.1, 0.15) is 11.5 Å². The van der Waals surface area contributed by atoms with E-state index in [1.165, 1.54) is 6.42 Å². The lowest BCUT2D eigenvalue weighted by Crippen LogP contribution is -3.00. The molecule has 2 aliphatic heterocycles. The van der Waals surface area contributed by atoms with Crippen LogP contribution in [0.5, 0.6) is 17.2 Å². The molecule has 2 heterocycles. The molecule has 31 heavy (non-hydrogen) atoms. The van der Waals surface area contributed by atoms with Crippen LogP contribution in [0.4, 0.5) is 5.69 Å². The van der Waals surface area contributed by atoms with Crippen molar-refractivity contribution < 1.29 is 40.9 Å². The molecule has 0 bridgehead atoms. The summed E-state index contributed by atoms with van der Waals surface area (Å²) in [5, 5.41) is 12.1. The number of hydrogen-bond donors (Lipinski definition) is 1. The first-order chi connectivity index (χ1) is 14.6. The molecule has 1 atom stereocenters. The summed E-state index contributed by atoms with van der Waals surface area (Å²) in [5.74, 6) is 3.35. The normalized spacial score (nSPS) is 20.6. The molecular weight excluding hydrogens is 460 g/mol. The van der Waals surface area contributed by atoms with Crippen molar-refractivity contribution in [3.8, 4) is 17.2 Å². The van der Waals surface area contributed by atoms with Gasteiger partial charge in [0.25, 0.3) is 11.6 Å². The van der Waals surface area contributed by atoms with Gasteiger partial charge in [-0.3, -0.25) is 4.58 Å². The zero-order chi connectivity index (χ0) is 21.1. The molecular formula is C24H31BrN2O4. The third kappa shape index (κ3) is 4.39. The summed E-state index contributed by atoms with van der Waals surface area (Å²) in [5.41, 5.74) is 0.484. The van der Waals surface area contributed by atoms with Crippen molar-refractivity contribution in [3.05, 3.63) is 48.0 Å². The molecule has 0 spiro atoms. The number of amidine groups is 1. The maximum absolute atomic E-state index is 12.1. The van der Waals surface area contributed by atoms with E-state index >= 15 is 0 Å². The van der Waals surface area contributed by atoms with E-state index in [0.717, 1.165) is 54.4 Å². The fourth-order valence-electron chi connectivity index (χ4n) is 4.54. The Morgan fingerprint density at radius 1 is 1.00 bits per heavy atom. The number of ether oxygens (including phenoxy) is 3. The number of rotatable bonds is 6. The second-order valence-corrected chi connectivity index (χ2v) is 7.80. The number of hydrogen-bond acceptors (Lipinski definition) is 5. The lowest BCUT2D eigenvalue weighted by molar-refractivity contribution is -0.534. The van der Waals surface area contributed by atoms with Crippen LogP contribution in [0.3, 0.4) is 0 Å². The van der Waals surface area contributed by atoms with Crippen molar-refractivity contribution in [2.75, 3.05) is 38.8 Å². The van der Waals surface area contributed by atoms with Gasteiger partial charge in [0.15, 0.2) is 18.0 Å². The standard InChI is InChI=1S/C24H31N2O4.BrH/c1-4-30-19-11-9-18(10-12-19)24(27)17-25-15-7-5-6-8-23(25)26(24)21-14-13-20(28-2)16-22(21)29-3;/h9-14,16,27H,4-8,15,17H2,1-3H3;1H/q+1;/p-1. The summed E-state index contributed by atoms with van der Waals surface area (Å²) in [6.45, 7) is 4.05. The molecule has 0 amide bonds. The van der Waals surface area contributed by atoms with E-state index in [0.29, 0.717) is 18.9 Å². The number of halogens is 1. The van der Waals surface area contributed by atoms with Gasteiger partial charge in [-0.25, -0.2) is 0 Å². The van der Waals surface area contributed by atoms with E-state index < -0.39 is 5.72 Å². The zero-order valence-electron chi connectivity index (χ0n) is 18.4. The summed E-state index contributed by atoms with van der Waals surface area (Å²) >= 11 is 0. The molecule has 6 nitrogen and oxygen atoms in total. The van der Waals surface area contributed by atoms with E-state index in [4.69, 9.17) is 14.2 Å². The molecule has 2 aromatic carbocycles. The number of nitrogens with zero attached hydrogens (tertiary/aromatic N) is 2. The van der Waals surface area contributed by atoms with Crippen LogP contribution >= 0.6 is 0 Å². The minimum Gasteiger partial charge on any atom is -1.00 e. The van der Waals surface area contributed by atoms with Crippen molar-refractivity contribution in [1.82, 2.24) is 0 Å². The Balaban J connectivity index is 0.00000272. The van der Waals surface area contributed by atoms with Gasteiger partial charge in [-0.15, -0.1) is 0 Å². The van der Waals surface area contributed by atoms with Crippen molar-refractivity contribution >= 4 is 11.5 Å². The maximum Gasteiger partial charge on any atom is 0.275 e. The molecule has 1 N–H and O–H groups in total. The average molecular weight is 491 g/mol. The van der Waals surface area contributed by atoms with Crippen LogP contribution in [0, 0.1) is 0 Å². The quantitative estimate of drug-likeness (QED) is 0.605. The molecule has 0 aliphatic carbocycles. The number of methoxy groups -OCH3 is 2. The van der Waals surface area contributed by atoms with Crippen LogP contribution in [0.1, 0.15) is 38.2 Å². The van der Waals surface area contributed by atoms with Gasteiger partial charge in [0, 0.05) is 18.1 Å². The summed E-state index contributed by atoms with van der Waals surface area (Å²) in [6.07, 6.45) is 4.38. The second-order valence-electron chi connectivity index (χ2n) is 7.80. The van der Waals surface area contributed by atoms with E-state index in [-0.39, 0.29) is 17.0 Å². The van der Waals surface area contributed by atoms with Gasteiger partial charge in [0.05, 0.1) is 27.4 Å². The lowest BCUT2D eigenvalue weighted by Gasteiger charge is -2.30. The molecule has 7 heteroatoms. The van der Waals surface area contributed by atoms with Crippen LogP contribution in [0.2, 0.25) is 0 Å². The highest BCUT2D eigenvalue weighted by Crippen LogP contribution is 2.43. The van der Waals surface area contributed by atoms with Gasteiger partial charge in [-0.2, -0.15) is 4.90 Å². The van der Waals surface area contributed by atoms with Crippen molar-refractivity contribution in [2.45, 2.75) is 38.3 Å². The first-order valence-corrected chi connectivity index (χ1v) is 10.7. The molecule has 1 unspecified atom stereocenters. The fraction of sp³-hybridized carbons (Fsp3) is 0.458. The summed E-state index contributed by atoms with van der Waals surface area (Å²) in [4.78, 5) is 2.06. The Bertz CT molecular complexity index is 932. The molecule has 0 aromatic heterocycles. The predicted octanol–water partition coefficient (Wildman–Crippen LogP) is 0.757. The molecule has 0 fully saturated rings. The van der Waals surface area contributed by atoms with Gasteiger partial charge >= 0.3 is 0 Å². The lowest BCUT2D eigenvalue weighted by atomic mass is 9.99. The molecule has 0 saturated heterocycles. The highest BCUT2D eigenvalue weighted by atomic mass is 79.9. The largest absolute Gasteiger partial charge is 1.00 e. The van der Waals surface area contributed by atoms with Crippen LogP contribution < -0.4 is 36.1 Å². The topological polar surface area (TPSA) is 54.2 Å². The summed E-state index contributed by atoms with van der Waals surface area (Å²) < 4.78 is 19.0. The average Bonchev–Trinajstić information content (AvgIpc) is 2.89. The molecule has 2 aliphatic rings. The predicted molar refractivity (Wildman–Crippen MR) is 117 cm³/mol. The van der Waals surface area contributed by atoms with Crippen LogP contribution in [-0.4, -0.2) is 49.4 Å². The van der Waals surface area contributed by atoms with Gasteiger partial charge in [-0.1, -0.05) is 0 Å². The van der Waals surface area contributed by atoms with Crippen molar-refractivity contribution in [1.29, 1.82) is 0 Å². The Morgan fingerprint density at radius 2 is 1.74 bits per heavy atom. The van der Waals surface area contributed by atoms with Gasteiger partial charge in [-0.05, 0) is 62.6 Å². The smallest absolute Gasteiger partial charge is 0.275 e. The second kappa shape index (κ2) is 9.92. The van der Waals surface area contributed by atoms with E-state index in [1.807, 2.05) is 49.4 Å². The molecule has 0 radical (unpaired) electrons. The van der Waals surface area contributed by atoms with E-state index in [2.05, 4.69) is 9.48 Å². The van der Waals surface area contributed by atoms with Crippen LogP contribution in [0.15, 0.2) is 42.5 Å². The summed E-state index contributed by atoms with van der Waals surface area (Å²) in [6, 6.07) is 13.5. The molecule has 4 rings (SSSR count). The monoisotopic (exact) mass is 490 g/mol. The van der Waals surface area contributed by atoms with Gasteiger partial charge < -0.3 is 36.3 Å². The molecule has 2 aromatic rings. The third-order valence-corrected chi connectivity index (χ3v) is 5.99. The minimum atomic E-state index is -1.20. The van der Waals surface area contributed by atoms with E-state index in [9.17, 15) is 5.11 Å². The third-order valence-electron chi connectivity index (χ3n) is 5.99. The Labute approximate surface area is 194 Å². The fourth-order valence-corrected chi connectivity index (χ4v) is 4.54. The SMILES string of the molecule is CCOc1ccc(C2(O)C[N+]3=C(CCCCC3)N2c2ccc(OC)cc2OC)cc1.[Br-]. The van der Waals surface area contributed by atoms with Gasteiger partial charge in [0.2, 0.25) is 0 Å². The highest BCUT2D eigenvalue weighted by Gasteiger charge is 2.54. The highest BCUT2D eigenvalue weighted by molar-refractivity contribution is 5.98. The van der Waals surface area contributed by atoms with Crippen LogP contribution in [-0.2, 0) is 5.72 Å². The molecule has 168 valence electrons. The first-order valence-electron chi connectivity index (χ1n) is 10.7. The Hall–Kier alpha value is -2.25. The number of aliphatic hydroxyl groups is 1. The Kier molecular flexibility index (Phi) is 7.49. The van der Waals surface area contributed by atoms with E-state index in [1.54, 1.807) is 14.2 Å².